The third-order valence-corrected chi connectivity index (χ3v) is 3.90. The third kappa shape index (κ3) is 3.12. The Bertz CT molecular complexity index is 280. The second kappa shape index (κ2) is 4.48. The Morgan fingerprint density at radius 3 is 1.94 bits per heavy atom. The zero-order chi connectivity index (χ0) is 13.4. The lowest BCUT2D eigenvalue weighted by atomic mass is 9.79. The van der Waals surface area contributed by atoms with Crippen molar-refractivity contribution in [3.05, 3.63) is 0 Å². The summed E-state index contributed by atoms with van der Waals surface area (Å²) in [5.41, 5.74) is 0.109. The standard InChI is InChI=1S/C13H26N2O2/c1-12(2)8-10(17-11(16)14(5)6)9-13(3,4)15(12)7/h10H,8-9H2,1-7H3. The smallest absolute Gasteiger partial charge is 0.409 e. The molecule has 1 aliphatic rings. The lowest BCUT2D eigenvalue weighted by Gasteiger charge is -2.53. The molecule has 17 heavy (non-hydrogen) atoms. The molecule has 0 bridgehead atoms. The van der Waals surface area contributed by atoms with Gasteiger partial charge in [-0.1, -0.05) is 0 Å². The van der Waals surface area contributed by atoms with Crippen molar-refractivity contribution in [3.8, 4) is 0 Å². The molecule has 1 heterocycles. The number of likely N-dealkylation sites (tertiary alicyclic amines) is 1. The summed E-state index contributed by atoms with van der Waals surface area (Å²) in [6.45, 7) is 8.80. The van der Waals surface area contributed by atoms with Gasteiger partial charge in [-0.05, 0) is 34.7 Å². The van der Waals surface area contributed by atoms with Crippen LogP contribution >= 0.6 is 0 Å². The summed E-state index contributed by atoms with van der Waals surface area (Å²) >= 11 is 0. The summed E-state index contributed by atoms with van der Waals surface area (Å²) in [5, 5.41) is 0. The maximum atomic E-state index is 11.6. The summed E-state index contributed by atoms with van der Waals surface area (Å²) in [6, 6.07) is 0. The molecule has 1 fully saturated rings. The maximum absolute atomic E-state index is 11.6. The number of hydrogen-bond acceptors (Lipinski definition) is 3. The highest BCUT2D eigenvalue weighted by molar-refractivity contribution is 5.67. The summed E-state index contributed by atoms with van der Waals surface area (Å²) in [6.07, 6.45) is 1.52. The Kier molecular flexibility index (Phi) is 3.77. The molecule has 1 amide bonds. The number of nitrogens with zero attached hydrogens (tertiary/aromatic N) is 2. The molecule has 100 valence electrons. The summed E-state index contributed by atoms with van der Waals surface area (Å²) in [7, 11) is 5.57. The zero-order valence-corrected chi connectivity index (χ0v) is 12.2. The minimum absolute atomic E-state index is 0.00565. The van der Waals surface area contributed by atoms with E-state index in [-0.39, 0.29) is 23.3 Å². The normalized spacial score (nSPS) is 24.4. The molecular weight excluding hydrogens is 216 g/mol. The highest BCUT2D eigenvalue weighted by atomic mass is 16.6. The van der Waals surface area contributed by atoms with E-state index in [4.69, 9.17) is 4.74 Å². The Morgan fingerprint density at radius 2 is 1.59 bits per heavy atom. The predicted octanol–water partition coefficient (Wildman–Crippen LogP) is 2.34. The number of carbonyl (C=O) groups excluding carboxylic acids is 1. The summed E-state index contributed by atoms with van der Waals surface area (Å²) in [4.78, 5) is 15.5. The molecule has 1 rings (SSSR count). The Hall–Kier alpha value is -0.770. The van der Waals surface area contributed by atoms with Crippen molar-refractivity contribution < 1.29 is 9.53 Å². The van der Waals surface area contributed by atoms with Gasteiger partial charge in [0, 0.05) is 38.0 Å². The number of ether oxygens (including phenoxy) is 1. The van der Waals surface area contributed by atoms with Crippen LogP contribution in [0.1, 0.15) is 40.5 Å². The van der Waals surface area contributed by atoms with E-state index < -0.39 is 0 Å². The quantitative estimate of drug-likeness (QED) is 0.707. The zero-order valence-electron chi connectivity index (χ0n) is 12.2. The van der Waals surface area contributed by atoms with Crippen LogP contribution in [0.2, 0.25) is 0 Å². The van der Waals surface area contributed by atoms with Gasteiger partial charge in [0.05, 0.1) is 0 Å². The van der Waals surface area contributed by atoms with Gasteiger partial charge in [0.15, 0.2) is 0 Å². The molecule has 0 saturated carbocycles. The molecule has 4 nitrogen and oxygen atoms in total. The van der Waals surface area contributed by atoms with Gasteiger partial charge in [0.2, 0.25) is 0 Å². The van der Waals surface area contributed by atoms with Crippen molar-refractivity contribution in [3.63, 3.8) is 0 Å². The molecule has 1 aliphatic heterocycles. The van der Waals surface area contributed by atoms with E-state index in [0.717, 1.165) is 12.8 Å². The number of hydrogen-bond donors (Lipinski definition) is 0. The van der Waals surface area contributed by atoms with Gasteiger partial charge in [-0.2, -0.15) is 0 Å². The van der Waals surface area contributed by atoms with Gasteiger partial charge in [-0.25, -0.2) is 4.79 Å². The van der Waals surface area contributed by atoms with Gasteiger partial charge in [0.1, 0.15) is 6.10 Å². The van der Waals surface area contributed by atoms with Crippen LogP contribution in [0.4, 0.5) is 4.79 Å². The van der Waals surface area contributed by atoms with Gasteiger partial charge >= 0.3 is 6.09 Å². The SMILES string of the molecule is CN(C)C(=O)OC1CC(C)(C)N(C)C(C)(C)C1. The molecule has 0 aliphatic carbocycles. The van der Waals surface area contributed by atoms with Crippen LogP contribution in [0.25, 0.3) is 0 Å². The van der Waals surface area contributed by atoms with Crippen LogP contribution in [0.3, 0.4) is 0 Å². The van der Waals surface area contributed by atoms with Crippen molar-refractivity contribution in [1.82, 2.24) is 9.80 Å². The van der Waals surface area contributed by atoms with Gasteiger partial charge in [0.25, 0.3) is 0 Å². The van der Waals surface area contributed by atoms with E-state index in [1.807, 2.05) is 0 Å². The first-order chi connectivity index (χ1) is 7.56. The van der Waals surface area contributed by atoms with Crippen LogP contribution < -0.4 is 0 Å². The van der Waals surface area contributed by atoms with Crippen molar-refractivity contribution in [2.45, 2.75) is 57.7 Å². The maximum Gasteiger partial charge on any atom is 0.409 e. The molecule has 0 radical (unpaired) electrons. The first-order valence-electron chi connectivity index (χ1n) is 6.18. The second-order valence-electron chi connectivity index (χ2n) is 6.49. The van der Waals surface area contributed by atoms with E-state index in [9.17, 15) is 4.79 Å². The van der Waals surface area contributed by atoms with E-state index in [0.29, 0.717) is 0 Å². The molecule has 0 aromatic heterocycles. The molecule has 0 aromatic carbocycles. The number of carbonyl (C=O) groups is 1. The molecule has 0 N–H and O–H groups in total. The van der Waals surface area contributed by atoms with Crippen LogP contribution in [-0.4, -0.2) is 54.2 Å². The van der Waals surface area contributed by atoms with Gasteiger partial charge < -0.3 is 9.64 Å². The topological polar surface area (TPSA) is 32.8 Å². The van der Waals surface area contributed by atoms with E-state index in [1.165, 1.54) is 4.90 Å². The Morgan fingerprint density at radius 1 is 1.18 bits per heavy atom. The lowest BCUT2D eigenvalue weighted by Crippen LogP contribution is -2.60. The van der Waals surface area contributed by atoms with Crippen LogP contribution in [0, 0.1) is 0 Å². The van der Waals surface area contributed by atoms with Crippen LogP contribution in [0.5, 0.6) is 0 Å². The minimum atomic E-state index is -0.244. The Balaban J connectivity index is 2.75. The summed E-state index contributed by atoms with van der Waals surface area (Å²) in [5.74, 6) is 0. The number of rotatable bonds is 1. The van der Waals surface area contributed by atoms with Crippen molar-refractivity contribution >= 4 is 6.09 Å². The molecular formula is C13H26N2O2. The highest BCUT2D eigenvalue weighted by Gasteiger charge is 2.44. The van der Waals surface area contributed by atoms with Gasteiger partial charge in [-0.15, -0.1) is 0 Å². The van der Waals surface area contributed by atoms with E-state index in [2.05, 4.69) is 39.6 Å². The minimum Gasteiger partial charge on any atom is -0.446 e. The molecule has 0 atom stereocenters. The van der Waals surface area contributed by atoms with Crippen LogP contribution in [-0.2, 0) is 4.74 Å². The van der Waals surface area contributed by atoms with E-state index in [1.54, 1.807) is 14.1 Å². The largest absolute Gasteiger partial charge is 0.446 e. The average molecular weight is 242 g/mol. The summed E-state index contributed by atoms with van der Waals surface area (Å²) < 4.78 is 5.53. The number of piperidine rings is 1. The fourth-order valence-electron chi connectivity index (χ4n) is 2.61. The van der Waals surface area contributed by atoms with Crippen molar-refractivity contribution in [1.29, 1.82) is 0 Å². The fraction of sp³-hybridized carbons (Fsp3) is 0.923. The predicted molar refractivity (Wildman–Crippen MR) is 69.1 cm³/mol. The Labute approximate surface area is 105 Å². The van der Waals surface area contributed by atoms with Crippen LogP contribution in [0.15, 0.2) is 0 Å². The second-order valence-corrected chi connectivity index (χ2v) is 6.49. The molecule has 1 saturated heterocycles. The molecule has 0 unspecified atom stereocenters. The highest BCUT2D eigenvalue weighted by Crippen LogP contribution is 2.38. The fourth-order valence-corrected chi connectivity index (χ4v) is 2.61. The van der Waals surface area contributed by atoms with Crippen molar-refractivity contribution in [2.75, 3.05) is 21.1 Å². The lowest BCUT2D eigenvalue weighted by molar-refractivity contribution is -0.0718. The third-order valence-electron chi connectivity index (χ3n) is 3.90. The monoisotopic (exact) mass is 242 g/mol. The van der Waals surface area contributed by atoms with E-state index >= 15 is 0 Å². The van der Waals surface area contributed by atoms with Gasteiger partial charge in [-0.3, -0.25) is 4.90 Å². The van der Waals surface area contributed by atoms with Crippen molar-refractivity contribution in [2.24, 2.45) is 0 Å². The molecule has 0 aromatic rings. The number of amides is 1. The average Bonchev–Trinajstić information content (AvgIpc) is 2.12. The molecule has 4 heteroatoms. The molecule has 0 spiro atoms. The first kappa shape index (κ1) is 14.3. The first-order valence-corrected chi connectivity index (χ1v) is 6.18.